The molecule has 0 unspecified atom stereocenters. The number of hydrogen-bond acceptors (Lipinski definition) is 6. The quantitative estimate of drug-likeness (QED) is 0.391. The molecule has 3 aromatic carbocycles. The maximum absolute atomic E-state index is 13.9. The van der Waals surface area contributed by atoms with Crippen molar-refractivity contribution in [2.75, 3.05) is 29.6 Å². The topological polar surface area (TPSA) is 111 Å². The van der Waals surface area contributed by atoms with Gasteiger partial charge < -0.3 is 24.7 Å². The lowest BCUT2D eigenvalue weighted by Gasteiger charge is -2.36. The van der Waals surface area contributed by atoms with Crippen LogP contribution in [0.3, 0.4) is 0 Å². The van der Waals surface area contributed by atoms with Crippen LogP contribution in [0.25, 0.3) is 0 Å². The summed E-state index contributed by atoms with van der Waals surface area (Å²) in [4.78, 5) is 44.0. The Kier molecular flexibility index (Phi) is 7.77. The van der Waals surface area contributed by atoms with Gasteiger partial charge in [-0.3, -0.25) is 14.5 Å². The number of hydrogen-bond donors (Lipinski definition) is 2. The summed E-state index contributed by atoms with van der Waals surface area (Å²) < 4.78 is 5.06. The number of aliphatic hydroxyl groups is 2. The van der Waals surface area contributed by atoms with E-state index in [1.165, 1.54) is 0 Å². The van der Waals surface area contributed by atoms with E-state index in [4.69, 9.17) is 4.74 Å². The van der Waals surface area contributed by atoms with Crippen LogP contribution >= 0.6 is 0 Å². The molecule has 1 fully saturated rings. The van der Waals surface area contributed by atoms with Gasteiger partial charge in [-0.15, -0.1) is 0 Å². The second-order valence-corrected chi connectivity index (χ2v) is 11.4. The number of aliphatic hydroxyl groups excluding tert-OH is 1. The number of ether oxygens (including phenoxy) is 1. The van der Waals surface area contributed by atoms with Gasteiger partial charge in [-0.05, 0) is 41.3 Å². The number of cyclic esters (lactones) is 1. The number of fused-ring (bicyclic) bond motifs is 2. The fraction of sp³-hybridized carbons (Fsp3) is 0.324. The molecular weight excluding hydrogens is 546 g/mol. The number of nitrogens with zero attached hydrogens (tertiary/aromatic N) is 3. The van der Waals surface area contributed by atoms with Gasteiger partial charge in [0, 0.05) is 30.1 Å². The summed E-state index contributed by atoms with van der Waals surface area (Å²) >= 11 is 0. The van der Waals surface area contributed by atoms with Crippen LogP contribution in [-0.2, 0) is 39.4 Å². The van der Waals surface area contributed by atoms with E-state index in [1.807, 2.05) is 60.7 Å². The molecule has 3 aliphatic rings. The summed E-state index contributed by atoms with van der Waals surface area (Å²) in [5, 5.41) is 21.9. The third-order valence-electron chi connectivity index (χ3n) is 8.76. The third kappa shape index (κ3) is 5.19. The van der Waals surface area contributed by atoms with Gasteiger partial charge in [0.2, 0.25) is 5.91 Å². The molecule has 3 heterocycles. The first-order valence-corrected chi connectivity index (χ1v) is 14.6. The first kappa shape index (κ1) is 28.6. The first-order chi connectivity index (χ1) is 20.8. The molecule has 0 radical (unpaired) electrons. The Morgan fingerprint density at radius 2 is 1.84 bits per heavy atom. The molecule has 0 spiro atoms. The molecule has 6 rings (SSSR count). The lowest BCUT2D eigenvalue weighted by atomic mass is 9.83. The summed E-state index contributed by atoms with van der Waals surface area (Å²) in [6.45, 7) is 3.10. The van der Waals surface area contributed by atoms with Gasteiger partial charge in [-0.25, -0.2) is 4.79 Å². The number of carbonyl (C=O) groups is 3. The molecule has 0 bridgehead atoms. The molecule has 2 N–H and O–H groups in total. The number of amides is 3. The zero-order valence-corrected chi connectivity index (χ0v) is 24.1. The highest BCUT2D eigenvalue weighted by atomic mass is 16.6. The van der Waals surface area contributed by atoms with Gasteiger partial charge in [0.05, 0.1) is 31.4 Å². The van der Waals surface area contributed by atoms with Crippen molar-refractivity contribution >= 4 is 29.3 Å². The highest BCUT2D eigenvalue weighted by Gasteiger charge is 2.52. The Morgan fingerprint density at radius 1 is 1.07 bits per heavy atom. The Labute approximate surface area is 250 Å². The molecule has 43 heavy (non-hydrogen) atoms. The largest absolute Gasteiger partial charge is 0.447 e. The van der Waals surface area contributed by atoms with Crippen LogP contribution in [0.1, 0.15) is 35.6 Å². The monoisotopic (exact) mass is 581 g/mol. The number of para-hydroxylation sites is 1. The summed E-state index contributed by atoms with van der Waals surface area (Å²) in [6, 6.07) is 22.2. The van der Waals surface area contributed by atoms with Gasteiger partial charge in [-0.2, -0.15) is 0 Å². The van der Waals surface area contributed by atoms with Crippen LogP contribution in [0.4, 0.5) is 16.2 Å². The van der Waals surface area contributed by atoms with Gasteiger partial charge in [0.15, 0.2) is 5.60 Å². The van der Waals surface area contributed by atoms with E-state index in [9.17, 15) is 24.6 Å². The lowest BCUT2D eigenvalue weighted by molar-refractivity contribution is -0.139. The molecule has 3 amide bonds. The average Bonchev–Trinajstić information content (AvgIpc) is 3.56. The van der Waals surface area contributed by atoms with Crippen LogP contribution in [0, 0.1) is 5.92 Å². The number of benzene rings is 3. The molecule has 9 heteroatoms. The van der Waals surface area contributed by atoms with Crippen molar-refractivity contribution in [3.8, 4) is 0 Å². The van der Waals surface area contributed by atoms with E-state index in [-0.39, 0.29) is 31.5 Å². The molecule has 0 aromatic heterocycles. The fourth-order valence-corrected chi connectivity index (χ4v) is 6.36. The van der Waals surface area contributed by atoms with Crippen molar-refractivity contribution in [2.24, 2.45) is 5.92 Å². The van der Waals surface area contributed by atoms with Crippen molar-refractivity contribution in [1.29, 1.82) is 0 Å². The van der Waals surface area contributed by atoms with Crippen molar-refractivity contribution < 1.29 is 29.3 Å². The first-order valence-electron chi connectivity index (χ1n) is 14.6. The van der Waals surface area contributed by atoms with E-state index >= 15 is 0 Å². The van der Waals surface area contributed by atoms with E-state index in [1.54, 1.807) is 45.9 Å². The minimum atomic E-state index is -1.82. The van der Waals surface area contributed by atoms with Crippen LogP contribution in [-0.4, -0.2) is 58.8 Å². The third-order valence-corrected chi connectivity index (χ3v) is 8.76. The zero-order chi connectivity index (χ0) is 30.1. The van der Waals surface area contributed by atoms with Gasteiger partial charge in [0.25, 0.3) is 5.91 Å². The highest BCUT2D eigenvalue weighted by Crippen LogP contribution is 2.45. The molecule has 0 saturated carbocycles. The smallest absolute Gasteiger partial charge is 0.414 e. The lowest BCUT2D eigenvalue weighted by Crippen LogP contribution is -2.46. The van der Waals surface area contributed by atoms with Crippen molar-refractivity contribution in [1.82, 2.24) is 4.90 Å². The highest BCUT2D eigenvalue weighted by molar-refractivity contribution is 6.07. The Hall–Kier alpha value is -4.47. The summed E-state index contributed by atoms with van der Waals surface area (Å²) in [7, 11) is 0. The predicted octanol–water partition coefficient (Wildman–Crippen LogP) is 3.91. The Bertz CT molecular complexity index is 1590. The minimum absolute atomic E-state index is 0.0877. The molecule has 3 aromatic rings. The standard InChI is InChI=1S/C34H35N3O6/c1-23(8-6-15-31(39)36-21-26-11-3-2-10-25(26)19-28(36)22-38)34(42)29-13-4-5-14-30(29)37(32(34)40)20-24-9-7-12-27(18-24)35-16-17-43-33(35)41/h2-14,18,23,28,38,42H,15-17,19-22H2,1H3/b8-6+/t23-,28+,34+/m1/s1. The van der Waals surface area contributed by atoms with E-state index in [0.29, 0.717) is 43.1 Å². The number of carbonyl (C=O) groups excluding carboxylic acids is 3. The van der Waals surface area contributed by atoms with Crippen molar-refractivity contribution in [2.45, 2.75) is 44.5 Å². The summed E-state index contributed by atoms with van der Waals surface area (Å²) in [6.07, 6.45) is 3.72. The van der Waals surface area contributed by atoms with Gasteiger partial charge in [0.1, 0.15) is 6.61 Å². The predicted molar refractivity (Wildman–Crippen MR) is 161 cm³/mol. The van der Waals surface area contributed by atoms with Crippen LogP contribution in [0.5, 0.6) is 0 Å². The van der Waals surface area contributed by atoms with E-state index < -0.39 is 23.5 Å². The minimum Gasteiger partial charge on any atom is -0.447 e. The molecule has 9 nitrogen and oxygen atoms in total. The van der Waals surface area contributed by atoms with Gasteiger partial charge >= 0.3 is 6.09 Å². The average molecular weight is 582 g/mol. The maximum Gasteiger partial charge on any atom is 0.414 e. The van der Waals surface area contributed by atoms with Crippen LogP contribution in [0.15, 0.2) is 84.9 Å². The Balaban J connectivity index is 1.18. The SMILES string of the molecule is C[C@H](/C=C/CC(=O)N1Cc2ccccc2C[C@H]1CO)[C@@]1(O)C(=O)N(Cc2cccc(N3CCOC3=O)c2)c2ccccc21. The second kappa shape index (κ2) is 11.7. The number of rotatable bonds is 8. The van der Waals surface area contributed by atoms with Crippen molar-refractivity contribution in [3.63, 3.8) is 0 Å². The Morgan fingerprint density at radius 3 is 2.60 bits per heavy atom. The molecule has 3 aliphatic heterocycles. The molecule has 222 valence electrons. The molecule has 3 atom stereocenters. The van der Waals surface area contributed by atoms with E-state index in [0.717, 1.165) is 16.7 Å². The molecule has 1 saturated heterocycles. The normalized spacial score (nSPS) is 22.1. The zero-order valence-electron chi connectivity index (χ0n) is 24.1. The fourth-order valence-electron chi connectivity index (χ4n) is 6.36. The second-order valence-electron chi connectivity index (χ2n) is 11.4. The maximum atomic E-state index is 13.9. The summed E-state index contributed by atoms with van der Waals surface area (Å²) in [5.74, 6) is -1.19. The molecule has 0 aliphatic carbocycles. The van der Waals surface area contributed by atoms with Gasteiger partial charge in [-0.1, -0.05) is 73.7 Å². The van der Waals surface area contributed by atoms with Crippen LogP contribution < -0.4 is 9.80 Å². The number of anilines is 2. The summed E-state index contributed by atoms with van der Waals surface area (Å²) in [5.41, 5.74) is 3.03. The van der Waals surface area contributed by atoms with Crippen molar-refractivity contribution in [3.05, 3.63) is 107 Å². The van der Waals surface area contributed by atoms with E-state index in [2.05, 4.69) is 0 Å². The molecular formula is C34H35N3O6. The van der Waals surface area contributed by atoms with Crippen LogP contribution in [0.2, 0.25) is 0 Å².